The van der Waals surface area contributed by atoms with Gasteiger partial charge in [0.1, 0.15) is 12.0 Å². The van der Waals surface area contributed by atoms with Crippen LogP contribution in [0.2, 0.25) is 0 Å². The number of amides is 1. The minimum Gasteiger partial charge on any atom is -0.497 e. The average Bonchev–Trinajstić information content (AvgIpc) is 2.50. The molecule has 1 aliphatic heterocycles. The molecule has 0 atom stereocenters. The lowest BCUT2D eigenvalue weighted by atomic mass is 10.0. The zero-order valence-electron chi connectivity index (χ0n) is 9.81. The molecule has 0 bridgehead atoms. The largest absolute Gasteiger partial charge is 0.497 e. The van der Waals surface area contributed by atoms with Gasteiger partial charge < -0.3 is 14.4 Å². The molecule has 0 unspecified atom stereocenters. The van der Waals surface area contributed by atoms with Crippen molar-refractivity contribution in [2.45, 2.75) is 12.8 Å². The monoisotopic (exact) mass is 233 g/mol. The molecule has 1 aromatic carbocycles. The van der Waals surface area contributed by atoms with Crippen LogP contribution in [0.15, 0.2) is 18.2 Å². The first kappa shape index (κ1) is 11.6. The molecular weight excluding hydrogens is 218 g/mol. The average molecular weight is 233 g/mol. The Morgan fingerprint density at radius 3 is 3.00 bits per heavy atom. The molecule has 0 saturated heterocycles. The first-order valence-electron chi connectivity index (χ1n) is 5.66. The standard InChI is InChI=1S/C13H15NO3/c1-17-11-4-5-12-10(9-11)3-2-6-14(7-8-15)13(12)16/h4-5,8-9H,2-3,6-7H2,1H3. The third-order valence-electron chi connectivity index (χ3n) is 3.00. The molecule has 17 heavy (non-hydrogen) atoms. The quantitative estimate of drug-likeness (QED) is 0.739. The molecule has 1 aliphatic rings. The number of ether oxygens (including phenoxy) is 1. The molecule has 1 aromatic rings. The van der Waals surface area contributed by atoms with Crippen molar-refractivity contribution in [2.24, 2.45) is 0 Å². The van der Waals surface area contributed by atoms with Crippen LogP contribution >= 0.6 is 0 Å². The van der Waals surface area contributed by atoms with E-state index in [1.54, 1.807) is 24.1 Å². The van der Waals surface area contributed by atoms with E-state index in [9.17, 15) is 9.59 Å². The van der Waals surface area contributed by atoms with E-state index in [4.69, 9.17) is 4.74 Å². The Morgan fingerprint density at radius 2 is 2.29 bits per heavy atom. The Morgan fingerprint density at radius 1 is 1.47 bits per heavy atom. The van der Waals surface area contributed by atoms with Crippen molar-refractivity contribution in [3.05, 3.63) is 29.3 Å². The first-order valence-corrected chi connectivity index (χ1v) is 5.66. The van der Waals surface area contributed by atoms with Gasteiger partial charge in [-0.1, -0.05) is 0 Å². The summed E-state index contributed by atoms with van der Waals surface area (Å²) in [7, 11) is 1.61. The second-order valence-corrected chi connectivity index (χ2v) is 4.04. The fraction of sp³-hybridized carbons (Fsp3) is 0.385. The van der Waals surface area contributed by atoms with Gasteiger partial charge in [-0.25, -0.2) is 0 Å². The summed E-state index contributed by atoms with van der Waals surface area (Å²) < 4.78 is 5.15. The van der Waals surface area contributed by atoms with Crippen LogP contribution in [0.3, 0.4) is 0 Å². The van der Waals surface area contributed by atoms with E-state index in [0.717, 1.165) is 30.4 Å². The number of carbonyl (C=O) groups is 2. The maximum atomic E-state index is 12.2. The summed E-state index contributed by atoms with van der Waals surface area (Å²) in [4.78, 5) is 24.3. The molecule has 4 nitrogen and oxygen atoms in total. The van der Waals surface area contributed by atoms with Gasteiger partial charge in [0.05, 0.1) is 13.7 Å². The molecule has 0 spiro atoms. The highest BCUT2D eigenvalue weighted by atomic mass is 16.5. The van der Waals surface area contributed by atoms with Gasteiger partial charge in [0.2, 0.25) is 0 Å². The number of benzene rings is 1. The maximum absolute atomic E-state index is 12.2. The molecule has 90 valence electrons. The molecule has 0 fully saturated rings. The Bertz CT molecular complexity index is 442. The van der Waals surface area contributed by atoms with Crippen LogP contribution in [0.5, 0.6) is 5.75 Å². The summed E-state index contributed by atoms with van der Waals surface area (Å²) in [6.07, 6.45) is 2.49. The van der Waals surface area contributed by atoms with Crippen molar-refractivity contribution >= 4 is 12.2 Å². The van der Waals surface area contributed by atoms with Crippen molar-refractivity contribution in [1.29, 1.82) is 0 Å². The highest BCUT2D eigenvalue weighted by molar-refractivity contribution is 5.97. The van der Waals surface area contributed by atoms with E-state index in [2.05, 4.69) is 0 Å². The predicted octanol–water partition coefficient (Wildman–Crippen LogP) is 1.28. The van der Waals surface area contributed by atoms with Crippen LogP contribution in [-0.4, -0.2) is 37.3 Å². The summed E-state index contributed by atoms with van der Waals surface area (Å²) in [5.74, 6) is 0.702. The van der Waals surface area contributed by atoms with Gasteiger partial charge in [-0.2, -0.15) is 0 Å². The van der Waals surface area contributed by atoms with E-state index in [1.165, 1.54) is 0 Å². The van der Waals surface area contributed by atoms with E-state index in [0.29, 0.717) is 12.1 Å². The Labute approximate surface area is 100 Å². The van der Waals surface area contributed by atoms with Gasteiger partial charge >= 0.3 is 0 Å². The minimum atomic E-state index is -0.0627. The number of fused-ring (bicyclic) bond motifs is 1. The molecule has 2 rings (SSSR count). The molecule has 0 aliphatic carbocycles. The van der Waals surface area contributed by atoms with Crippen molar-refractivity contribution in [3.63, 3.8) is 0 Å². The van der Waals surface area contributed by atoms with E-state index >= 15 is 0 Å². The third-order valence-corrected chi connectivity index (χ3v) is 3.00. The molecule has 0 radical (unpaired) electrons. The normalized spacial score (nSPS) is 15.1. The second kappa shape index (κ2) is 4.99. The van der Waals surface area contributed by atoms with Crippen LogP contribution < -0.4 is 4.74 Å². The van der Waals surface area contributed by atoms with Crippen LogP contribution in [0.1, 0.15) is 22.3 Å². The van der Waals surface area contributed by atoms with Gasteiger partial charge in [-0.05, 0) is 36.6 Å². The molecule has 0 saturated carbocycles. The minimum absolute atomic E-state index is 0.0627. The Kier molecular flexibility index (Phi) is 3.42. The van der Waals surface area contributed by atoms with Crippen LogP contribution in [0, 0.1) is 0 Å². The maximum Gasteiger partial charge on any atom is 0.254 e. The molecule has 1 amide bonds. The van der Waals surface area contributed by atoms with Gasteiger partial charge in [0.15, 0.2) is 0 Å². The number of methoxy groups -OCH3 is 1. The smallest absolute Gasteiger partial charge is 0.254 e. The molecule has 4 heteroatoms. The van der Waals surface area contributed by atoms with Gasteiger partial charge in [-0.3, -0.25) is 4.79 Å². The Hall–Kier alpha value is -1.84. The number of rotatable bonds is 3. The fourth-order valence-corrected chi connectivity index (χ4v) is 2.11. The number of aldehydes is 1. The van der Waals surface area contributed by atoms with Crippen LogP contribution in [-0.2, 0) is 11.2 Å². The van der Waals surface area contributed by atoms with E-state index in [1.807, 2.05) is 6.07 Å². The van der Waals surface area contributed by atoms with Crippen LogP contribution in [0.4, 0.5) is 0 Å². The Balaban J connectivity index is 2.35. The number of nitrogens with zero attached hydrogens (tertiary/aromatic N) is 1. The summed E-state index contributed by atoms with van der Waals surface area (Å²) in [5.41, 5.74) is 1.69. The molecule has 0 aromatic heterocycles. The van der Waals surface area contributed by atoms with E-state index < -0.39 is 0 Å². The van der Waals surface area contributed by atoms with Crippen molar-refractivity contribution < 1.29 is 14.3 Å². The van der Waals surface area contributed by atoms with Crippen molar-refractivity contribution in [1.82, 2.24) is 4.90 Å². The lowest BCUT2D eigenvalue weighted by Gasteiger charge is -2.17. The number of aryl methyl sites for hydroxylation is 1. The molecular formula is C13H15NO3. The number of carbonyl (C=O) groups excluding carboxylic acids is 2. The molecule has 1 heterocycles. The summed E-state index contributed by atoms with van der Waals surface area (Å²) in [6.45, 7) is 0.804. The topological polar surface area (TPSA) is 46.6 Å². The zero-order valence-corrected chi connectivity index (χ0v) is 9.81. The summed E-state index contributed by atoms with van der Waals surface area (Å²) >= 11 is 0. The summed E-state index contributed by atoms with van der Waals surface area (Å²) in [6, 6.07) is 5.46. The highest BCUT2D eigenvalue weighted by Gasteiger charge is 2.22. The number of hydrogen-bond donors (Lipinski definition) is 0. The number of hydrogen-bond acceptors (Lipinski definition) is 3. The lowest BCUT2D eigenvalue weighted by Crippen LogP contribution is -2.32. The fourth-order valence-electron chi connectivity index (χ4n) is 2.11. The highest BCUT2D eigenvalue weighted by Crippen LogP contribution is 2.23. The third kappa shape index (κ3) is 2.30. The van der Waals surface area contributed by atoms with Crippen LogP contribution in [0.25, 0.3) is 0 Å². The first-order chi connectivity index (χ1) is 8.26. The van der Waals surface area contributed by atoms with Gasteiger partial charge in [-0.15, -0.1) is 0 Å². The summed E-state index contributed by atoms with van der Waals surface area (Å²) in [5, 5.41) is 0. The predicted molar refractivity (Wildman–Crippen MR) is 63.3 cm³/mol. The van der Waals surface area contributed by atoms with Crippen molar-refractivity contribution in [3.8, 4) is 5.75 Å². The molecule has 0 N–H and O–H groups in total. The van der Waals surface area contributed by atoms with Crippen molar-refractivity contribution in [2.75, 3.05) is 20.2 Å². The zero-order chi connectivity index (χ0) is 12.3. The van der Waals surface area contributed by atoms with Gasteiger partial charge in [0.25, 0.3) is 5.91 Å². The van der Waals surface area contributed by atoms with E-state index in [-0.39, 0.29) is 12.5 Å². The SMILES string of the molecule is COc1ccc2c(c1)CCCN(CC=O)C2=O. The van der Waals surface area contributed by atoms with Gasteiger partial charge in [0, 0.05) is 12.1 Å². The lowest BCUT2D eigenvalue weighted by molar-refractivity contribution is -0.108. The second-order valence-electron chi connectivity index (χ2n) is 4.04.